The molecule has 0 spiro atoms. The first-order chi connectivity index (χ1) is 10.5. The third-order valence-electron chi connectivity index (χ3n) is 4.04. The molecule has 0 aliphatic rings. The fourth-order valence-electron chi connectivity index (χ4n) is 2.42. The topological polar surface area (TPSA) is 40.5 Å². The Morgan fingerprint density at radius 3 is 1.27 bits per heavy atom. The highest BCUT2D eigenvalue weighted by Crippen LogP contribution is 2.57. The minimum atomic E-state index is -0.519. The van der Waals surface area contributed by atoms with Gasteiger partial charge in [0.15, 0.2) is 11.5 Å². The maximum absolute atomic E-state index is 8.67. The van der Waals surface area contributed by atoms with Crippen LogP contribution >= 0.6 is 7.26 Å². The van der Waals surface area contributed by atoms with Crippen molar-refractivity contribution in [1.82, 2.24) is 0 Å². The maximum Gasteiger partial charge on any atom is 0.157 e. The Bertz CT molecular complexity index is 337. The van der Waals surface area contributed by atoms with Gasteiger partial charge in [-0.15, -0.1) is 0 Å². The van der Waals surface area contributed by atoms with Gasteiger partial charge < -0.3 is 10.2 Å². The van der Waals surface area contributed by atoms with Crippen molar-refractivity contribution in [2.75, 3.05) is 25.2 Å². The number of phenolic OH excluding ortho intramolecular Hbond substituents is 2. The van der Waals surface area contributed by atoms with Crippen LogP contribution in [0.3, 0.4) is 0 Å². The van der Waals surface area contributed by atoms with Gasteiger partial charge in [-0.25, -0.2) is 0 Å². The molecule has 0 aliphatic heterocycles. The van der Waals surface area contributed by atoms with E-state index in [0.29, 0.717) is 0 Å². The SMILES string of the molecule is CCCC[P+](C)(CCCC)CCCC.Oc1ccccc1O. The van der Waals surface area contributed by atoms with Crippen molar-refractivity contribution in [2.24, 2.45) is 0 Å². The lowest BCUT2D eigenvalue weighted by Gasteiger charge is -2.22. The van der Waals surface area contributed by atoms with Gasteiger partial charge in [-0.2, -0.15) is 0 Å². The van der Waals surface area contributed by atoms with Crippen molar-refractivity contribution in [1.29, 1.82) is 0 Å². The van der Waals surface area contributed by atoms with Gasteiger partial charge in [-0.1, -0.05) is 52.2 Å². The Morgan fingerprint density at radius 1 is 0.727 bits per heavy atom. The fraction of sp³-hybridized carbons (Fsp3) is 0.684. The summed E-state index contributed by atoms with van der Waals surface area (Å²) in [5, 5.41) is 17.3. The Balaban J connectivity index is 0.000000461. The average Bonchev–Trinajstić information content (AvgIpc) is 2.53. The van der Waals surface area contributed by atoms with E-state index in [1.807, 2.05) is 0 Å². The molecule has 3 heteroatoms. The summed E-state index contributed by atoms with van der Waals surface area (Å²) >= 11 is 0. The molecular weight excluding hydrogens is 291 g/mol. The van der Waals surface area contributed by atoms with Gasteiger partial charge in [0.05, 0.1) is 18.5 Å². The lowest BCUT2D eigenvalue weighted by Crippen LogP contribution is -2.07. The second kappa shape index (κ2) is 12.8. The zero-order chi connectivity index (χ0) is 16.8. The van der Waals surface area contributed by atoms with E-state index in [-0.39, 0.29) is 11.5 Å². The predicted octanol–water partition coefficient (Wildman–Crippen LogP) is 6.13. The van der Waals surface area contributed by atoms with E-state index in [1.165, 1.54) is 50.7 Å². The summed E-state index contributed by atoms with van der Waals surface area (Å²) < 4.78 is 0. The summed E-state index contributed by atoms with van der Waals surface area (Å²) in [7, 11) is -0.519. The molecule has 0 amide bonds. The lowest BCUT2D eigenvalue weighted by molar-refractivity contribution is 0.404. The van der Waals surface area contributed by atoms with E-state index in [0.717, 1.165) is 0 Å². The molecule has 1 aromatic carbocycles. The van der Waals surface area contributed by atoms with E-state index >= 15 is 0 Å². The zero-order valence-corrected chi connectivity index (χ0v) is 15.9. The second-order valence-corrected chi connectivity index (χ2v) is 10.9. The number of phenols is 2. The van der Waals surface area contributed by atoms with Crippen LogP contribution in [0.1, 0.15) is 59.3 Å². The summed E-state index contributed by atoms with van der Waals surface area (Å²) in [6, 6.07) is 6.15. The molecule has 22 heavy (non-hydrogen) atoms. The number of benzene rings is 1. The second-order valence-electron chi connectivity index (χ2n) is 6.34. The number of aromatic hydroxyl groups is 2. The Kier molecular flexibility index (Phi) is 12.3. The van der Waals surface area contributed by atoms with Crippen LogP contribution < -0.4 is 0 Å². The largest absolute Gasteiger partial charge is 0.504 e. The molecule has 0 atom stereocenters. The van der Waals surface area contributed by atoms with E-state index in [1.54, 1.807) is 30.6 Å². The van der Waals surface area contributed by atoms with Crippen molar-refractivity contribution in [3.05, 3.63) is 24.3 Å². The molecular formula is C19H36O2P+. The van der Waals surface area contributed by atoms with E-state index < -0.39 is 7.26 Å². The molecule has 0 aromatic heterocycles. The van der Waals surface area contributed by atoms with Crippen molar-refractivity contribution < 1.29 is 10.2 Å². The molecule has 0 bridgehead atoms. The number of rotatable bonds is 9. The monoisotopic (exact) mass is 327 g/mol. The molecule has 1 rings (SSSR count). The third-order valence-corrected chi connectivity index (χ3v) is 8.22. The highest BCUT2D eigenvalue weighted by atomic mass is 31.2. The van der Waals surface area contributed by atoms with Crippen LogP contribution in [-0.2, 0) is 0 Å². The van der Waals surface area contributed by atoms with Crippen LogP contribution in [0, 0.1) is 0 Å². The molecule has 0 radical (unpaired) electrons. The number of hydrogen-bond acceptors (Lipinski definition) is 2. The molecule has 0 aliphatic carbocycles. The molecule has 1 aromatic rings. The fourth-order valence-corrected chi connectivity index (χ4v) is 6.33. The molecule has 0 heterocycles. The van der Waals surface area contributed by atoms with Crippen molar-refractivity contribution >= 4 is 7.26 Å². The smallest absolute Gasteiger partial charge is 0.157 e. The van der Waals surface area contributed by atoms with Gasteiger partial charge in [0, 0.05) is 13.9 Å². The molecule has 128 valence electrons. The predicted molar refractivity (Wildman–Crippen MR) is 102 cm³/mol. The van der Waals surface area contributed by atoms with Crippen LogP contribution in [0.5, 0.6) is 11.5 Å². The summed E-state index contributed by atoms with van der Waals surface area (Å²) in [5.41, 5.74) is 0. The Hall–Kier alpha value is -0.750. The lowest BCUT2D eigenvalue weighted by atomic mass is 10.3. The Labute approximate surface area is 138 Å². The average molecular weight is 327 g/mol. The van der Waals surface area contributed by atoms with Crippen LogP contribution in [0.25, 0.3) is 0 Å². The van der Waals surface area contributed by atoms with Crippen molar-refractivity contribution in [2.45, 2.75) is 59.3 Å². The molecule has 0 saturated carbocycles. The van der Waals surface area contributed by atoms with Crippen molar-refractivity contribution in [3.63, 3.8) is 0 Å². The standard InChI is InChI=1S/C13H30P.C6H6O2/c1-5-8-11-14(4,12-9-6-2)13-10-7-3;7-5-3-1-2-4-6(5)8/h5-13H2,1-4H3;1-4,7-8H/q+1;. The molecule has 0 fully saturated rings. The first kappa shape index (κ1) is 21.2. The van der Waals surface area contributed by atoms with E-state index in [9.17, 15) is 0 Å². The highest BCUT2D eigenvalue weighted by molar-refractivity contribution is 7.75. The number of para-hydroxylation sites is 2. The van der Waals surface area contributed by atoms with Crippen molar-refractivity contribution in [3.8, 4) is 11.5 Å². The van der Waals surface area contributed by atoms with Crippen LogP contribution in [-0.4, -0.2) is 35.4 Å². The minimum absolute atomic E-state index is 0.0764. The molecule has 0 saturated heterocycles. The van der Waals surface area contributed by atoms with Gasteiger partial charge in [0.25, 0.3) is 0 Å². The molecule has 2 nitrogen and oxygen atoms in total. The summed E-state index contributed by atoms with van der Waals surface area (Å²) in [4.78, 5) is 0. The zero-order valence-electron chi connectivity index (χ0n) is 15.0. The third kappa shape index (κ3) is 10.1. The maximum atomic E-state index is 8.67. The van der Waals surface area contributed by atoms with E-state index in [2.05, 4.69) is 27.4 Å². The summed E-state index contributed by atoms with van der Waals surface area (Å²) in [6.45, 7) is 9.59. The van der Waals surface area contributed by atoms with E-state index in [4.69, 9.17) is 10.2 Å². The normalized spacial score (nSPS) is 10.9. The van der Waals surface area contributed by atoms with Gasteiger partial charge in [0.2, 0.25) is 0 Å². The highest BCUT2D eigenvalue weighted by Gasteiger charge is 2.28. The summed E-state index contributed by atoms with van der Waals surface area (Å²) in [5.74, 6) is -0.153. The van der Waals surface area contributed by atoms with Gasteiger partial charge >= 0.3 is 0 Å². The quantitative estimate of drug-likeness (QED) is 0.423. The molecule has 2 N–H and O–H groups in total. The first-order valence-electron chi connectivity index (χ1n) is 8.79. The van der Waals surface area contributed by atoms with Crippen LogP contribution in [0.4, 0.5) is 0 Å². The minimum Gasteiger partial charge on any atom is -0.504 e. The van der Waals surface area contributed by atoms with Gasteiger partial charge in [-0.3, -0.25) is 0 Å². The number of hydrogen-bond donors (Lipinski definition) is 2. The first-order valence-corrected chi connectivity index (χ1v) is 11.6. The Morgan fingerprint density at radius 2 is 1.05 bits per heavy atom. The molecule has 0 unspecified atom stereocenters. The number of unbranched alkanes of at least 4 members (excludes halogenated alkanes) is 3. The summed E-state index contributed by atoms with van der Waals surface area (Å²) in [6.07, 6.45) is 13.2. The van der Waals surface area contributed by atoms with Crippen LogP contribution in [0.2, 0.25) is 0 Å². The van der Waals surface area contributed by atoms with Gasteiger partial charge in [-0.05, 0) is 31.4 Å². The van der Waals surface area contributed by atoms with Gasteiger partial charge in [0.1, 0.15) is 0 Å². The van der Waals surface area contributed by atoms with Crippen LogP contribution in [0.15, 0.2) is 24.3 Å².